The number of nitrogens with one attached hydrogen (secondary N) is 1. The number of hydrogen-bond donors (Lipinski definition) is 1. The molecule has 1 N–H and O–H groups in total. The van der Waals surface area contributed by atoms with Gasteiger partial charge in [0.1, 0.15) is 5.69 Å². The van der Waals surface area contributed by atoms with Gasteiger partial charge in [-0.05, 0) is 57.2 Å². The molecule has 0 saturated carbocycles. The summed E-state index contributed by atoms with van der Waals surface area (Å²) in [5, 5.41) is 6.97. The van der Waals surface area contributed by atoms with Crippen LogP contribution in [0.4, 0.5) is 24.5 Å². The highest BCUT2D eigenvalue weighted by Gasteiger charge is 2.36. The predicted octanol–water partition coefficient (Wildman–Crippen LogP) is 4.39. The zero-order valence-electron chi connectivity index (χ0n) is 17.6. The molecule has 0 saturated heterocycles. The molecule has 2 amide bonds. The van der Waals surface area contributed by atoms with Crippen LogP contribution in [0, 0.1) is 13.8 Å². The third-order valence-electron chi connectivity index (χ3n) is 5.20. The lowest BCUT2D eigenvalue weighted by atomic mass is 10.1. The summed E-state index contributed by atoms with van der Waals surface area (Å²) in [7, 11) is 0. The molecule has 10 heteroatoms. The number of aromatic nitrogens is 3. The van der Waals surface area contributed by atoms with E-state index in [9.17, 15) is 22.8 Å². The van der Waals surface area contributed by atoms with Gasteiger partial charge in [0.05, 0.1) is 23.4 Å². The Balaban J connectivity index is 1.65. The van der Waals surface area contributed by atoms with Crippen LogP contribution in [0.5, 0.6) is 0 Å². The van der Waals surface area contributed by atoms with E-state index in [0.29, 0.717) is 11.4 Å². The number of amides is 2. The van der Waals surface area contributed by atoms with E-state index in [-0.39, 0.29) is 23.8 Å². The van der Waals surface area contributed by atoms with Crippen molar-refractivity contribution in [3.05, 3.63) is 70.8 Å². The number of fused-ring (bicyclic) bond motifs is 1. The molecule has 3 aromatic rings. The van der Waals surface area contributed by atoms with Crippen molar-refractivity contribution in [2.24, 2.45) is 0 Å². The molecule has 0 spiro atoms. The molecule has 0 bridgehead atoms. The lowest BCUT2D eigenvalue weighted by Crippen LogP contribution is -2.43. The van der Waals surface area contributed by atoms with Crippen molar-refractivity contribution in [2.75, 3.05) is 16.8 Å². The molecule has 0 aliphatic carbocycles. The van der Waals surface area contributed by atoms with E-state index in [1.165, 1.54) is 27.9 Å². The molecule has 32 heavy (non-hydrogen) atoms. The number of anilines is 2. The second kappa shape index (κ2) is 7.77. The Kier molecular flexibility index (Phi) is 5.23. The van der Waals surface area contributed by atoms with Crippen LogP contribution in [0.2, 0.25) is 0 Å². The number of rotatable bonds is 3. The Morgan fingerprint density at radius 2 is 1.75 bits per heavy atom. The minimum absolute atomic E-state index is 0.0867. The minimum atomic E-state index is -4.47. The third kappa shape index (κ3) is 3.95. The van der Waals surface area contributed by atoms with Crippen molar-refractivity contribution < 1.29 is 22.8 Å². The van der Waals surface area contributed by atoms with Crippen molar-refractivity contribution in [1.82, 2.24) is 14.8 Å². The summed E-state index contributed by atoms with van der Waals surface area (Å²) in [4.78, 5) is 31.8. The SMILES string of the molecule is Cc1cc(NC(=O)c2cnn3c2C(=O)N(c2ccc(C(F)(F)F)cc2)CC3C)cc(C)n1. The number of hydrogen-bond acceptors (Lipinski definition) is 4. The molecule has 166 valence electrons. The van der Waals surface area contributed by atoms with Crippen LogP contribution >= 0.6 is 0 Å². The third-order valence-corrected chi connectivity index (χ3v) is 5.20. The number of nitrogens with zero attached hydrogens (tertiary/aromatic N) is 4. The molecule has 1 aliphatic heterocycles. The highest BCUT2D eigenvalue weighted by atomic mass is 19.4. The van der Waals surface area contributed by atoms with E-state index >= 15 is 0 Å². The van der Waals surface area contributed by atoms with Gasteiger partial charge in [-0.1, -0.05) is 0 Å². The van der Waals surface area contributed by atoms with Gasteiger partial charge < -0.3 is 10.2 Å². The van der Waals surface area contributed by atoms with Gasteiger partial charge in [-0.15, -0.1) is 0 Å². The first kappa shape index (κ1) is 21.5. The molecule has 1 aliphatic rings. The zero-order valence-corrected chi connectivity index (χ0v) is 17.6. The Bertz CT molecular complexity index is 1180. The van der Waals surface area contributed by atoms with Gasteiger partial charge in [0.2, 0.25) is 0 Å². The molecule has 0 radical (unpaired) electrons. The molecule has 1 unspecified atom stereocenters. The number of carbonyl (C=O) groups excluding carboxylic acids is 2. The van der Waals surface area contributed by atoms with Gasteiger partial charge in [-0.2, -0.15) is 18.3 Å². The fraction of sp³-hybridized carbons (Fsp3) is 0.273. The van der Waals surface area contributed by atoms with Gasteiger partial charge >= 0.3 is 6.18 Å². The maximum atomic E-state index is 13.2. The Hall–Kier alpha value is -3.69. The number of carbonyl (C=O) groups is 2. The van der Waals surface area contributed by atoms with Crippen LogP contribution in [0.25, 0.3) is 0 Å². The molecule has 0 fully saturated rings. The monoisotopic (exact) mass is 443 g/mol. The van der Waals surface area contributed by atoms with Gasteiger partial charge in [0, 0.05) is 29.3 Å². The first-order valence-corrected chi connectivity index (χ1v) is 9.88. The van der Waals surface area contributed by atoms with Crippen molar-refractivity contribution in [2.45, 2.75) is 33.0 Å². The molecule has 1 atom stereocenters. The van der Waals surface area contributed by atoms with E-state index in [0.717, 1.165) is 23.5 Å². The van der Waals surface area contributed by atoms with E-state index in [1.54, 1.807) is 26.0 Å². The summed E-state index contributed by atoms with van der Waals surface area (Å²) in [6, 6.07) is 7.50. The molecule has 7 nitrogen and oxygen atoms in total. The molecule has 3 heterocycles. The highest BCUT2D eigenvalue weighted by molar-refractivity contribution is 6.15. The van der Waals surface area contributed by atoms with Crippen LogP contribution in [0.15, 0.2) is 42.6 Å². The van der Waals surface area contributed by atoms with Gasteiger partial charge in [-0.25, -0.2) is 0 Å². The van der Waals surface area contributed by atoms with E-state index < -0.39 is 23.6 Å². The normalized spacial score (nSPS) is 16.1. The molecule has 2 aromatic heterocycles. The summed E-state index contributed by atoms with van der Waals surface area (Å²) in [5.41, 5.74) is 1.69. The number of pyridine rings is 1. The zero-order chi connectivity index (χ0) is 23.2. The lowest BCUT2D eigenvalue weighted by molar-refractivity contribution is -0.137. The average molecular weight is 443 g/mol. The van der Waals surface area contributed by atoms with Crippen LogP contribution in [0.3, 0.4) is 0 Å². The quantitative estimate of drug-likeness (QED) is 0.651. The molecule has 1 aromatic carbocycles. The predicted molar refractivity (Wildman–Crippen MR) is 112 cm³/mol. The van der Waals surface area contributed by atoms with Crippen LogP contribution in [-0.4, -0.2) is 33.1 Å². The number of benzene rings is 1. The van der Waals surface area contributed by atoms with E-state index in [1.807, 2.05) is 6.92 Å². The largest absolute Gasteiger partial charge is 0.416 e. The topological polar surface area (TPSA) is 80.1 Å². The van der Waals surface area contributed by atoms with Crippen LogP contribution < -0.4 is 10.2 Å². The number of alkyl halides is 3. The number of halogens is 3. The van der Waals surface area contributed by atoms with Crippen molar-refractivity contribution in [3.63, 3.8) is 0 Å². The fourth-order valence-corrected chi connectivity index (χ4v) is 3.79. The van der Waals surface area contributed by atoms with E-state index in [2.05, 4.69) is 15.4 Å². The minimum Gasteiger partial charge on any atom is -0.322 e. The summed E-state index contributed by atoms with van der Waals surface area (Å²) in [6.07, 6.45) is -3.14. The summed E-state index contributed by atoms with van der Waals surface area (Å²) in [6.45, 7) is 5.63. The standard InChI is InChI=1S/C22H20F3N5O2/c1-12-8-16(9-13(2)27-12)28-20(31)18-10-26-30-14(3)11-29(21(32)19(18)30)17-6-4-15(5-7-17)22(23,24)25/h4-10,14H,11H2,1-3H3,(H,27,28,31). The van der Waals surface area contributed by atoms with Crippen molar-refractivity contribution in [3.8, 4) is 0 Å². The second-order valence-corrected chi connectivity index (χ2v) is 7.75. The van der Waals surface area contributed by atoms with Crippen LogP contribution in [-0.2, 0) is 6.18 Å². The molecule has 4 rings (SSSR count). The van der Waals surface area contributed by atoms with Crippen molar-refractivity contribution in [1.29, 1.82) is 0 Å². The maximum absolute atomic E-state index is 13.2. The molecular weight excluding hydrogens is 423 g/mol. The molecular formula is C22H20F3N5O2. The first-order valence-electron chi connectivity index (χ1n) is 9.88. The lowest BCUT2D eigenvalue weighted by Gasteiger charge is -2.32. The van der Waals surface area contributed by atoms with Crippen molar-refractivity contribution >= 4 is 23.2 Å². The Morgan fingerprint density at radius 3 is 2.34 bits per heavy atom. The maximum Gasteiger partial charge on any atom is 0.416 e. The Morgan fingerprint density at radius 1 is 1.12 bits per heavy atom. The summed E-state index contributed by atoms with van der Waals surface area (Å²) in [5.74, 6) is -1.02. The summed E-state index contributed by atoms with van der Waals surface area (Å²) >= 11 is 0. The fourth-order valence-electron chi connectivity index (χ4n) is 3.79. The summed E-state index contributed by atoms with van der Waals surface area (Å²) < 4.78 is 40.1. The van der Waals surface area contributed by atoms with E-state index in [4.69, 9.17) is 0 Å². The average Bonchev–Trinajstić information content (AvgIpc) is 3.16. The van der Waals surface area contributed by atoms with Crippen LogP contribution in [0.1, 0.15) is 50.8 Å². The highest BCUT2D eigenvalue weighted by Crippen LogP contribution is 2.33. The van der Waals surface area contributed by atoms with Gasteiger partial charge in [0.25, 0.3) is 11.8 Å². The Labute approximate surface area is 181 Å². The van der Waals surface area contributed by atoms with Gasteiger partial charge in [0.15, 0.2) is 0 Å². The van der Waals surface area contributed by atoms with Gasteiger partial charge in [-0.3, -0.25) is 19.3 Å². The smallest absolute Gasteiger partial charge is 0.322 e. The first-order chi connectivity index (χ1) is 15.0. The number of aryl methyl sites for hydroxylation is 2. The second-order valence-electron chi connectivity index (χ2n) is 7.75.